The van der Waals surface area contributed by atoms with E-state index in [0.717, 1.165) is 6.20 Å². The van der Waals surface area contributed by atoms with E-state index in [4.69, 9.17) is 9.47 Å². The second-order valence-corrected chi connectivity index (χ2v) is 3.57. The van der Waals surface area contributed by atoms with Crippen molar-refractivity contribution in [3.8, 4) is 11.6 Å². The fourth-order valence-electron chi connectivity index (χ4n) is 1.44. The van der Waals surface area contributed by atoms with E-state index in [1.165, 1.54) is 10.7 Å². The number of hydrogen-bond donors (Lipinski definition) is 0. The molecule has 0 N–H and O–H groups in total. The zero-order valence-corrected chi connectivity index (χ0v) is 10.2. The highest BCUT2D eigenvalue weighted by molar-refractivity contribution is 5.48. The van der Waals surface area contributed by atoms with Gasteiger partial charge in [0.2, 0.25) is 5.88 Å². The van der Waals surface area contributed by atoms with E-state index in [1.54, 1.807) is 25.6 Å². The Hall–Kier alpha value is -2.48. The number of hydrogen-bond acceptors (Lipinski definition) is 6. The van der Waals surface area contributed by atoms with Gasteiger partial charge in [-0.05, 0) is 6.07 Å². The van der Waals surface area contributed by atoms with Crippen molar-refractivity contribution in [2.45, 2.75) is 0 Å². The third-order valence-corrected chi connectivity index (χ3v) is 2.31. The summed E-state index contributed by atoms with van der Waals surface area (Å²) in [6, 6.07) is 3.07. The lowest BCUT2D eigenvalue weighted by molar-refractivity contribution is -0.385. The molecule has 0 aliphatic carbocycles. The van der Waals surface area contributed by atoms with Crippen molar-refractivity contribution < 1.29 is 14.4 Å². The summed E-state index contributed by atoms with van der Waals surface area (Å²) < 4.78 is 11.7. The number of pyridine rings is 1. The Labute approximate surface area is 108 Å². The first-order chi connectivity index (χ1) is 9.22. The molecular formula is C11H12N4O4. The molecule has 8 nitrogen and oxygen atoms in total. The molecule has 19 heavy (non-hydrogen) atoms. The van der Waals surface area contributed by atoms with Gasteiger partial charge in [0.25, 0.3) is 5.69 Å². The average molecular weight is 264 g/mol. The molecule has 0 atom stereocenters. The standard InChI is InChI=1S/C11H12N4O4/c1-18-5-6-19-11-10(14-4-2-3-13-14)7-9(8-12-11)15(16)17/h2-4,7-8H,5-6H2,1H3. The lowest BCUT2D eigenvalue weighted by Crippen LogP contribution is -2.09. The van der Waals surface area contributed by atoms with Crippen LogP contribution in [0.15, 0.2) is 30.7 Å². The van der Waals surface area contributed by atoms with Crippen molar-refractivity contribution in [1.82, 2.24) is 14.8 Å². The van der Waals surface area contributed by atoms with Crippen LogP contribution in [0.2, 0.25) is 0 Å². The van der Waals surface area contributed by atoms with E-state index < -0.39 is 4.92 Å². The summed E-state index contributed by atoms with van der Waals surface area (Å²) in [4.78, 5) is 14.2. The fourth-order valence-corrected chi connectivity index (χ4v) is 1.44. The second kappa shape index (κ2) is 5.91. The number of nitro groups is 1. The molecule has 8 heteroatoms. The third kappa shape index (κ3) is 3.05. The van der Waals surface area contributed by atoms with E-state index in [9.17, 15) is 10.1 Å². The summed E-state index contributed by atoms with van der Waals surface area (Å²) in [5.74, 6) is 0.270. The first kappa shape index (κ1) is 13.0. The number of rotatable bonds is 6. The summed E-state index contributed by atoms with van der Waals surface area (Å²) in [7, 11) is 1.56. The summed E-state index contributed by atoms with van der Waals surface area (Å²) in [6.45, 7) is 0.701. The number of aromatic nitrogens is 3. The zero-order chi connectivity index (χ0) is 13.7. The van der Waals surface area contributed by atoms with Crippen molar-refractivity contribution >= 4 is 5.69 Å². The van der Waals surface area contributed by atoms with Crippen LogP contribution in [-0.4, -0.2) is 40.0 Å². The predicted molar refractivity (Wildman–Crippen MR) is 65.4 cm³/mol. The topological polar surface area (TPSA) is 92.3 Å². The van der Waals surface area contributed by atoms with Gasteiger partial charge in [-0.2, -0.15) is 5.10 Å². The lowest BCUT2D eigenvalue weighted by atomic mass is 10.3. The Kier molecular flexibility index (Phi) is 4.04. The van der Waals surface area contributed by atoms with E-state index in [-0.39, 0.29) is 11.6 Å². The highest BCUT2D eigenvalue weighted by Crippen LogP contribution is 2.24. The summed E-state index contributed by atoms with van der Waals surface area (Å²) in [5.41, 5.74) is 0.292. The summed E-state index contributed by atoms with van der Waals surface area (Å²) >= 11 is 0. The van der Waals surface area contributed by atoms with Crippen LogP contribution < -0.4 is 4.74 Å². The predicted octanol–water partition coefficient (Wildman–Crippen LogP) is 1.20. The number of nitrogens with zero attached hydrogens (tertiary/aromatic N) is 4. The van der Waals surface area contributed by atoms with Crippen LogP contribution >= 0.6 is 0 Å². The van der Waals surface area contributed by atoms with Gasteiger partial charge in [-0.1, -0.05) is 0 Å². The minimum Gasteiger partial charge on any atom is -0.474 e. The number of methoxy groups -OCH3 is 1. The molecule has 0 aromatic carbocycles. The number of ether oxygens (including phenoxy) is 2. The van der Waals surface area contributed by atoms with Crippen molar-refractivity contribution in [2.75, 3.05) is 20.3 Å². The molecule has 100 valence electrons. The SMILES string of the molecule is COCCOc1ncc([N+](=O)[O-])cc1-n1cccn1. The Morgan fingerprint density at radius 1 is 1.47 bits per heavy atom. The molecule has 0 radical (unpaired) electrons. The van der Waals surface area contributed by atoms with Gasteiger partial charge in [0, 0.05) is 25.6 Å². The average Bonchev–Trinajstić information content (AvgIpc) is 2.93. The molecule has 0 aliphatic rings. The Balaban J connectivity index is 2.34. The van der Waals surface area contributed by atoms with Gasteiger partial charge in [-0.15, -0.1) is 0 Å². The molecule has 2 aromatic heterocycles. The van der Waals surface area contributed by atoms with Crippen LogP contribution in [0.4, 0.5) is 5.69 Å². The van der Waals surface area contributed by atoms with Gasteiger partial charge in [0.1, 0.15) is 18.5 Å². The van der Waals surface area contributed by atoms with Crippen molar-refractivity contribution in [3.05, 3.63) is 40.8 Å². The normalized spacial score (nSPS) is 10.4. The van der Waals surface area contributed by atoms with Crippen LogP contribution in [0.5, 0.6) is 5.88 Å². The molecule has 2 heterocycles. The minimum absolute atomic E-state index is 0.121. The van der Waals surface area contributed by atoms with E-state index in [1.807, 2.05) is 0 Å². The summed E-state index contributed by atoms with van der Waals surface area (Å²) in [6.07, 6.45) is 4.37. The van der Waals surface area contributed by atoms with Crippen molar-refractivity contribution in [3.63, 3.8) is 0 Å². The molecular weight excluding hydrogens is 252 g/mol. The monoisotopic (exact) mass is 264 g/mol. The van der Waals surface area contributed by atoms with Gasteiger partial charge < -0.3 is 9.47 Å². The van der Waals surface area contributed by atoms with Crippen molar-refractivity contribution in [2.24, 2.45) is 0 Å². The third-order valence-electron chi connectivity index (χ3n) is 2.31. The van der Waals surface area contributed by atoms with Crippen LogP contribution in [0.3, 0.4) is 0 Å². The van der Waals surface area contributed by atoms with Gasteiger partial charge in [0.05, 0.1) is 11.5 Å². The highest BCUT2D eigenvalue weighted by Gasteiger charge is 2.15. The Morgan fingerprint density at radius 3 is 2.95 bits per heavy atom. The first-order valence-corrected chi connectivity index (χ1v) is 5.48. The molecule has 0 bridgehead atoms. The Morgan fingerprint density at radius 2 is 2.32 bits per heavy atom. The maximum atomic E-state index is 10.8. The molecule has 0 aliphatic heterocycles. The molecule has 2 aromatic rings. The highest BCUT2D eigenvalue weighted by atomic mass is 16.6. The first-order valence-electron chi connectivity index (χ1n) is 5.48. The fraction of sp³-hybridized carbons (Fsp3) is 0.273. The van der Waals surface area contributed by atoms with Crippen LogP contribution in [-0.2, 0) is 4.74 Å². The van der Waals surface area contributed by atoms with Crippen molar-refractivity contribution in [1.29, 1.82) is 0 Å². The minimum atomic E-state index is -0.515. The maximum Gasteiger partial charge on any atom is 0.290 e. The molecule has 0 spiro atoms. The molecule has 0 unspecified atom stereocenters. The second-order valence-electron chi connectivity index (χ2n) is 3.57. The molecule has 0 saturated carbocycles. The lowest BCUT2D eigenvalue weighted by Gasteiger charge is -2.09. The van der Waals surface area contributed by atoms with Gasteiger partial charge in [0.15, 0.2) is 0 Å². The van der Waals surface area contributed by atoms with Crippen LogP contribution in [0, 0.1) is 10.1 Å². The largest absolute Gasteiger partial charge is 0.474 e. The van der Waals surface area contributed by atoms with Gasteiger partial charge >= 0.3 is 0 Å². The van der Waals surface area contributed by atoms with Gasteiger partial charge in [-0.25, -0.2) is 9.67 Å². The maximum absolute atomic E-state index is 10.8. The molecule has 2 rings (SSSR count). The summed E-state index contributed by atoms with van der Waals surface area (Å²) in [5, 5.41) is 14.8. The molecule has 0 amide bonds. The molecule has 0 fully saturated rings. The van der Waals surface area contributed by atoms with E-state index >= 15 is 0 Å². The molecule has 0 saturated heterocycles. The van der Waals surface area contributed by atoms with Crippen LogP contribution in [0.25, 0.3) is 5.69 Å². The van der Waals surface area contributed by atoms with Gasteiger partial charge in [-0.3, -0.25) is 10.1 Å². The smallest absolute Gasteiger partial charge is 0.290 e. The zero-order valence-electron chi connectivity index (χ0n) is 10.2. The quantitative estimate of drug-likeness (QED) is 0.442. The van der Waals surface area contributed by atoms with E-state index in [2.05, 4.69) is 10.1 Å². The van der Waals surface area contributed by atoms with Crippen LogP contribution in [0.1, 0.15) is 0 Å². The van der Waals surface area contributed by atoms with E-state index in [0.29, 0.717) is 18.9 Å². The Bertz CT molecular complexity index is 556.